The first-order valence-corrected chi connectivity index (χ1v) is 9.13. The van der Waals surface area contributed by atoms with Crippen LogP contribution in [-0.2, 0) is 30.9 Å². The molecule has 0 aliphatic carbocycles. The summed E-state index contributed by atoms with van der Waals surface area (Å²) in [4.78, 5) is 4.28. The Kier molecular flexibility index (Phi) is 11.0. The van der Waals surface area contributed by atoms with Crippen LogP contribution in [0.5, 0.6) is 0 Å². The third-order valence-electron chi connectivity index (χ3n) is 3.92. The van der Waals surface area contributed by atoms with E-state index in [-0.39, 0.29) is 30.1 Å². The molecule has 2 rings (SSSR count). The molecule has 0 amide bonds. The Morgan fingerprint density at radius 1 is 1.26 bits per heavy atom. The molecule has 0 aliphatic rings. The first kappa shape index (κ1) is 23.4. The van der Waals surface area contributed by atoms with E-state index < -0.39 is 0 Å². The quantitative estimate of drug-likeness (QED) is 0.324. The first-order valence-electron chi connectivity index (χ1n) is 9.13. The highest BCUT2D eigenvalue weighted by molar-refractivity contribution is 14.0. The van der Waals surface area contributed by atoms with Crippen molar-refractivity contribution in [3.05, 3.63) is 47.5 Å². The van der Waals surface area contributed by atoms with Crippen molar-refractivity contribution >= 4 is 29.9 Å². The molecule has 8 heteroatoms. The van der Waals surface area contributed by atoms with E-state index in [1.165, 1.54) is 11.1 Å². The molecule has 0 saturated carbocycles. The normalized spacial score (nSPS) is 11.4. The Labute approximate surface area is 179 Å². The minimum Gasteiger partial charge on any atom is -0.374 e. The van der Waals surface area contributed by atoms with Crippen LogP contribution in [0.1, 0.15) is 37.7 Å². The maximum absolute atomic E-state index is 5.67. The third kappa shape index (κ3) is 8.25. The molecule has 1 aromatic carbocycles. The van der Waals surface area contributed by atoms with E-state index in [2.05, 4.69) is 61.6 Å². The Morgan fingerprint density at radius 3 is 2.74 bits per heavy atom. The van der Waals surface area contributed by atoms with Gasteiger partial charge < -0.3 is 19.9 Å². The maximum atomic E-state index is 5.67. The Hall–Kier alpha value is -1.68. The number of benzene rings is 1. The van der Waals surface area contributed by atoms with Crippen LogP contribution in [0.4, 0.5) is 0 Å². The number of ether oxygens (including phenoxy) is 1. The molecule has 1 heterocycles. The van der Waals surface area contributed by atoms with E-state index in [0.717, 1.165) is 31.3 Å². The van der Waals surface area contributed by atoms with Gasteiger partial charge >= 0.3 is 0 Å². The van der Waals surface area contributed by atoms with Gasteiger partial charge in [0.15, 0.2) is 5.96 Å². The van der Waals surface area contributed by atoms with Gasteiger partial charge in [-0.2, -0.15) is 0 Å². The summed E-state index contributed by atoms with van der Waals surface area (Å²) in [5.74, 6) is 1.77. The van der Waals surface area contributed by atoms with Gasteiger partial charge in [0.05, 0.1) is 12.7 Å². The summed E-state index contributed by atoms with van der Waals surface area (Å²) in [6.45, 7) is 9.08. The molecule has 0 saturated heterocycles. The van der Waals surface area contributed by atoms with Crippen LogP contribution in [-0.4, -0.2) is 40.4 Å². The number of aliphatic imine (C=N–C) groups is 1. The van der Waals surface area contributed by atoms with Crippen LogP contribution in [0.25, 0.3) is 0 Å². The van der Waals surface area contributed by atoms with Crippen LogP contribution < -0.4 is 10.6 Å². The molecule has 150 valence electrons. The summed E-state index contributed by atoms with van der Waals surface area (Å²) in [6, 6.07) is 8.41. The molecule has 0 bridgehead atoms. The van der Waals surface area contributed by atoms with Crippen molar-refractivity contribution in [3.8, 4) is 0 Å². The van der Waals surface area contributed by atoms with Crippen molar-refractivity contribution in [2.45, 2.75) is 53.0 Å². The Morgan fingerprint density at radius 2 is 2.04 bits per heavy atom. The number of hydrogen-bond acceptors (Lipinski definition) is 4. The number of aryl methyl sites for hydroxylation is 1. The number of guanidine groups is 1. The van der Waals surface area contributed by atoms with E-state index in [1.807, 2.05) is 13.8 Å². The fourth-order valence-electron chi connectivity index (χ4n) is 2.53. The lowest BCUT2D eigenvalue weighted by molar-refractivity contribution is 0.0657. The van der Waals surface area contributed by atoms with Gasteiger partial charge in [0.25, 0.3) is 0 Å². The average Bonchev–Trinajstić information content (AvgIpc) is 3.10. The zero-order chi connectivity index (χ0) is 18.8. The van der Waals surface area contributed by atoms with Gasteiger partial charge in [0, 0.05) is 33.1 Å². The van der Waals surface area contributed by atoms with Gasteiger partial charge in [-0.05, 0) is 25.0 Å². The SMILES string of the molecule is CCc1nncn1CCNC(=NC)NCc1cccc(COC(C)C)c1.I. The predicted octanol–water partition coefficient (Wildman–Crippen LogP) is 2.75. The molecule has 0 atom stereocenters. The van der Waals surface area contributed by atoms with E-state index in [0.29, 0.717) is 13.2 Å². The number of rotatable bonds is 9. The van der Waals surface area contributed by atoms with Crippen molar-refractivity contribution in [3.63, 3.8) is 0 Å². The smallest absolute Gasteiger partial charge is 0.191 e. The minimum atomic E-state index is 0. The zero-order valence-corrected chi connectivity index (χ0v) is 18.9. The van der Waals surface area contributed by atoms with Crippen LogP contribution >= 0.6 is 24.0 Å². The monoisotopic (exact) mass is 486 g/mol. The second kappa shape index (κ2) is 12.7. The van der Waals surface area contributed by atoms with Crippen LogP contribution in [0.3, 0.4) is 0 Å². The number of nitrogens with zero attached hydrogens (tertiary/aromatic N) is 4. The van der Waals surface area contributed by atoms with Crippen molar-refractivity contribution in [1.29, 1.82) is 0 Å². The van der Waals surface area contributed by atoms with Crippen LogP contribution in [0, 0.1) is 0 Å². The van der Waals surface area contributed by atoms with Gasteiger partial charge in [0.2, 0.25) is 0 Å². The van der Waals surface area contributed by atoms with Gasteiger partial charge in [-0.25, -0.2) is 0 Å². The molecule has 27 heavy (non-hydrogen) atoms. The van der Waals surface area contributed by atoms with Gasteiger partial charge in [0.1, 0.15) is 12.2 Å². The second-order valence-electron chi connectivity index (χ2n) is 6.33. The Bertz CT molecular complexity index is 701. The third-order valence-corrected chi connectivity index (χ3v) is 3.92. The van der Waals surface area contributed by atoms with Crippen molar-refractivity contribution in [1.82, 2.24) is 25.4 Å². The lowest BCUT2D eigenvalue weighted by Crippen LogP contribution is -2.38. The lowest BCUT2D eigenvalue weighted by atomic mass is 10.1. The summed E-state index contributed by atoms with van der Waals surface area (Å²) in [6.07, 6.45) is 2.88. The van der Waals surface area contributed by atoms with Gasteiger partial charge in [-0.15, -0.1) is 34.2 Å². The largest absolute Gasteiger partial charge is 0.374 e. The van der Waals surface area contributed by atoms with Crippen LogP contribution in [0.15, 0.2) is 35.6 Å². The fraction of sp³-hybridized carbons (Fsp3) is 0.526. The summed E-state index contributed by atoms with van der Waals surface area (Å²) in [7, 11) is 1.78. The molecular formula is C19H31IN6O. The topological polar surface area (TPSA) is 76.4 Å². The molecule has 1 aromatic heterocycles. The number of hydrogen-bond donors (Lipinski definition) is 2. The number of halogens is 1. The average molecular weight is 486 g/mol. The molecule has 0 spiro atoms. The summed E-state index contributed by atoms with van der Waals surface area (Å²) >= 11 is 0. The molecule has 0 unspecified atom stereocenters. The zero-order valence-electron chi connectivity index (χ0n) is 16.6. The number of aromatic nitrogens is 3. The summed E-state index contributed by atoms with van der Waals surface area (Å²) in [5.41, 5.74) is 2.38. The van der Waals surface area contributed by atoms with Crippen molar-refractivity contribution in [2.75, 3.05) is 13.6 Å². The molecule has 7 nitrogen and oxygen atoms in total. The lowest BCUT2D eigenvalue weighted by Gasteiger charge is -2.13. The fourth-order valence-corrected chi connectivity index (χ4v) is 2.53. The number of nitrogens with one attached hydrogen (secondary N) is 2. The predicted molar refractivity (Wildman–Crippen MR) is 119 cm³/mol. The molecule has 0 aliphatic heterocycles. The van der Waals surface area contributed by atoms with Gasteiger partial charge in [-0.3, -0.25) is 4.99 Å². The van der Waals surface area contributed by atoms with E-state index >= 15 is 0 Å². The summed E-state index contributed by atoms with van der Waals surface area (Å²) < 4.78 is 7.72. The van der Waals surface area contributed by atoms with E-state index in [1.54, 1.807) is 13.4 Å². The molecular weight excluding hydrogens is 455 g/mol. The van der Waals surface area contributed by atoms with Crippen molar-refractivity contribution in [2.24, 2.45) is 4.99 Å². The van der Waals surface area contributed by atoms with E-state index in [9.17, 15) is 0 Å². The Balaban J connectivity index is 0.00000364. The second-order valence-corrected chi connectivity index (χ2v) is 6.33. The highest BCUT2D eigenvalue weighted by atomic mass is 127. The van der Waals surface area contributed by atoms with Crippen molar-refractivity contribution < 1.29 is 4.74 Å². The molecule has 2 N–H and O–H groups in total. The standard InChI is InChI=1S/C19H30N6O.HI/c1-5-18-24-23-14-25(18)10-9-21-19(20-4)22-12-16-7-6-8-17(11-16)13-26-15(2)3;/h6-8,11,14-15H,5,9-10,12-13H2,1-4H3,(H2,20,21,22);1H. The first-order chi connectivity index (χ1) is 12.6. The molecule has 0 radical (unpaired) electrons. The van der Waals surface area contributed by atoms with Crippen LogP contribution in [0.2, 0.25) is 0 Å². The molecule has 2 aromatic rings. The maximum Gasteiger partial charge on any atom is 0.191 e. The highest BCUT2D eigenvalue weighted by Gasteiger charge is 2.03. The minimum absolute atomic E-state index is 0. The van der Waals surface area contributed by atoms with E-state index in [4.69, 9.17) is 4.74 Å². The molecule has 0 fully saturated rings. The highest BCUT2D eigenvalue weighted by Crippen LogP contribution is 2.08. The summed E-state index contributed by atoms with van der Waals surface area (Å²) in [5, 5.41) is 14.7. The van der Waals surface area contributed by atoms with Gasteiger partial charge in [-0.1, -0.05) is 31.2 Å².